The number of amides is 1. The van der Waals surface area contributed by atoms with Gasteiger partial charge in [-0.3, -0.25) is 4.79 Å². The second kappa shape index (κ2) is 6.85. The Morgan fingerprint density at radius 2 is 2.33 bits per heavy atom. The number of pyridine rings is 1. The molecule has 18 heavy (non-hydrogen) atoms. The first-order valence-corrected chi connectivity index (χ1v) is 5.28. The maximum Gasteiger partial charge on any atom is 0.272 e. The lowest BCUT2D eigenvalue weighted by Crippen LogP contribution is -2.30. The van der Waals surface area contributed by atoms with Crippen LogP contribution >= 0.6 is 0 Å². The second-order valence-corrected chi connectivity index (χ2v) is 3.51. The van der Waals surface area contributed by atoms with E-state index < -0.39 is 18.9 Å². The minimum atomic E-state index is -2.63. The Hall–Kier alpha value is -1.76. The van der Waals surface area contributed by atoms with Gasteiger partial charge >= 0.3 is 0 Å². The normalized spacial score (nSPS) is 10.5. The van der Waals surface area contributed by atoms with Crippen LogP contribution in [0.2, 0.25) is 0 Å². The molecular weight excluding hydrogens is 246 g/mol. The van der Waals surface area contributed by atoms with Crippen LogP contribution in [0.1, 0.15) is 10.4 Å². The zero-order chi connectivity index (χ0) is 13.5. The summed E-state index contributed by atoms with van der Waals surface area (Å²) in [6, 6.07) is 2.94. The maximum absolute atomic E-state index is 12.1. The lowest BCUT2D eigenvalue weighted by molar-refractivity contribution is 0.0710. The Morgan fingerprint density at radius 3 is 2.94 bits per heavy atom. The van der Waals surface area contributed by atoms with Crippen LogP contribution in [-0.4, -0.2) is 54.1 Å². The number of alkyl halides is 2. The van der Waals surface area contributed by atoms with Crippen molar-refractivity contribution in [3.05, 3.63) is 23.9 Å². The van der Waals surface area contributed by atoms with Gasteiger partial charge in [0.05, 0.1) is 6.61 Å². The fourth-order valence-electron chi connectivity index (χ4n) is 1.27. The molecule has 0 radical (unpaired) electrons. The highest BCUT2D eigenvalue weighted by Crippen LogP contribution is 2.16. The number of hydrogen-bond donors (Lipinski definition) is 1. The fraction of sp³-hybridized carbons (Fsp3) is 0.455. The zero-order valence-electron chi connectivity index (χ0n) is 9.84. The van der Waals surface area contributed by atoms with Crippen molar-refractivity contribution in [3.63, 3.8) is 0 Å². The molecule has 1 amide bonds. The van der Waals surface area contributed by atoms with Crippen LogP contribution in [0.4, 0.5) is 8.78 Å². The Bertz CT molecular complexity index is 402. The van der Waals surface area contributed by atoms with Gasteiger partial charge in [-0.25, -0.2) is 13.8 Å². The molecule has 0 atom stereocenters. The minimum absolute atomic E-state index is 0.0918. The first-order valence-electron chi connectivity index (χ1n) is 5.28. The number of halogens is 2. The van der Waals surface area contributed by atoms with Crippen LogP contribution < -0.4 is 4.74 Å². The van der Waals surface area contributed by atoms with Gasteiger partial charge in [-0.05, 0) is 12.1 Å². The van der Waals surface area contributed by atoms with E-state index in [2.05, 4.69) is 4.98 Å². The summed E-state index contributed by atoms with van der Waals surface area (Å²) in [6.45, 7) is -0.862. The fourth-order valence-corrected chi connectivity index (χ4v) is 1.27. The molecule has 0 fully saturated rings. The average Bonchev–Trinajstić information content (AvgIpc) is 2.36. The van der Waals surface area contributed by atoms with Crippen LogP contribution in [0.3, 0.4) is 0 Å². The summed E-state index contributed by atoms with van der Waals surface area (Å²) in [4.78, 5) is 16.9. The highest BCUT2D eigenvalue weighted by atomic mass is 19.3. The topological polar surface area (TPSA) is 62.7 Å². The van der Waals surface area contributed by atoms with Crippen LogP contribution in [0.5, 0.6) is 5.88 Å². The summed E-state index contributed by atoms with van der Waals surface area (Å²) < 4.78 is 28.9. The number of nitrogens with zero attached hydrogens (tertiary/aromatic N) is 2. The first-order chi connectivity index (χ1) is 8.56. The van der Waals surface area contributed by atoms with Crippen molar-refractivity contribution >= 4 is 5.91 Å². The average molecular weight is 260 g/mol. The van der Waals surface area contributed by atoms with Gasteiger partial charge in [-0.15, -0.1) is 0 Å². The molecule has 0 aliphatic rings. The molecule has 100 valence electrons. The minimum Gasteiger partial charge on any atom is -0.471 e. The molecular formula is C11H14F2N2O3. The van der Waals surface area contributed by atoms with Crippen LogP contribution in [-0.2, 0) is 0 Å². The maximum atomic E-state index is 12.1. The molecule has 0 saturated carbocycles. The number of rotatable bonds is 6. The molecule has 0 spiro atoms. The van der Waals surface area contributed by atoms with E-state index in [0.717, 1.165) is 0 Å². The molecule has 1 aromatic rings. The number of ether oxygens (including phenoxy) is 1. The van der Waals surface area contributed by atoms with E-state index in [-0.39, 0.29) is 24.6 Å². The van der Waals surface area contributed by atoms with Gasteiger partial charge in [0.25, 0.3) is 12.3 Å². The number of aliphatic hydroxyl groups excluding tert-OH is 1. The molecule has 0 saturated heterocycles. The van der Waals surface area contributed by atoms with Crippen molar-refractivity contribution in [2.24, 2.45) is 0 Å². The molecule has 1 heterocycles. The van der Waals surface area contributed by atoms with Crippen molar-refractivity contribution in [2.45, 2.75) is 6.43 Å². The Balaban J connectivity index is 2.84. The van der Waals surface area contributed by atoms with Crippen molar-refractivity contribution in [1.29, 1.82) is 0 Å². The van der Waals surface area contributed by atoms with Crippen molar-refractivity contribution in [3.8, 4) is 5.88 Å². The summed E-state index contributed by atoms with van der Waals surface area (Å²) in [5.74, 6) is -0.575. The van der Waals surface area contributed by atoms with Gasteiger partial charge in [0, 0.05) is 19.8 Å². The first kappa shape index (κ1) is 14.3. The summed E-state index contributed by atoms with van der Waals surface area (Å²) in [5, 5.41) is 8.74. The summed E-state index contributed by atoms with van der Waals surface area (Å²) in [6.07, 6.45) is -1.28. The van der Waals surface area contributed by atoms with E-state index in [9.17, 15) is 13.6 Å². The van der Waals surface area contributed by atoms with Gasteiger partial charge in [-0.2, -0.15) is 0 Å². The van der Waals surface area contributed by atoms with Crippen LogP contribution in [0, 0.1) is 0 Å². The standard InChI is InChI=1S/C11H14F2N2O3/c1-15(5-6-16)11(17)8-3-2-4-14-10(8)18-7-9(12)13/h2-4,9,16H,5-7H2,1H3. The third kappa shape index (κ3) is 3.92. The number of hydrogen-bond acceptors (Lipinski definition) is 4. The van der Waals surface area contributed by atoms with Crippen molar-refractivity contribution in [2.75, 3.05) is 26.8 Å². The Morgan fingerprint density at radius 1 is 1.61 bits per heavy atom. The van der Waals surface area contributed by atoms with E-state index in [4.69, 9.17) is 9.84 Å². The summed E-state index contributed by atoms with van der Waals surface area (Å²) >= 11 is 0. The predicted molar refractivity (Wildman–Crippen MR) is 59.8 cm³/mol. The molecule has 0 aliphatic carbocycles. The molecule has 1 rings (SSSR count). The van der Waals surface area contributed by atoms with Gasteiger partial charge < -0.3 is 14.7 Å². The number of likely N-dealkylation sites (N-methyl/N-ethyl adjacent to an activating group) is 1. The van der Waals surface area contributed by atoms with Crippen LogP contribution in [0.25, 0.3) is 0 Å². The number of aromatic nitrogens is 1. The number of carbonyl (C=O) groups excluding carboxylic acids is 1. The summed E-state index contributed by atoms with van der Waals surface area (Å²) in [5.41, 5.74) is 0.0918. The number of aliphatic hydroxyl groups is 1. The van der Waals surface area contributed by atoms with E-state index in [1.165, 1.54) is 30.3 Å². The predicted octanol–water partition coefficient (Wildman–Crippen LogP) is 0.790. The number of carbonyl (C=O) groups is 1. The highest BCUT2D eigenvalue weighted by Gasteiger charge is 2.18. The van der Waals surface area contributed by atoms with Crippen LogP contribution in [0.15, 0.2) is 18.3 Å². The molecule has 5 nitrogen and oxygen atoms in total. The summed E-state index contributed by atoms with van der Waals surface area (Å²) in [7, 11) is 1.49. The monoisotopic (exact) mass is 260 g/mol. The van der Waals surface area contributed by atoms with Gasteiger partial charge in [0.15, 0.2) is 6.61 Å². The van der Waals surface area contributed by atoms with Crippen molar-refractivity contribution in [1.82, 2.24) is 9.88 Å². The lowest BCUT2D eigenvalue weighted by Gasteiger charge is -2.17. The largest absolute Gasteiger partial charge is 0.471 e. The third-order valence-electron chi connectivity index (χ3n) is 2.13. The Kier molecular flexibility index (Phi) is 5.44. The highest BCUT2D eigenvalue weighted by molar-refractivity contribution is 5.96. The van der Waals surface area contributed by atoms with E-state index in [0.29, 0.717) is 0 Å². The third-order valence-corrected chi connectivity index (χ3v) is 2.13. The Labute approximate surface area is 103 Å². The van der Waals surface area contributed by atoms with E-state index in [1.54, 1.807) is 0 Å². The van der Waals surface area contributed by atoms with Crippen molar-refractivity contribution < 1.29 is 23.4 Å². The van der Waals surface area contributed by atoms with Gasteiger partial charge in [0.2, 0.25) is 5.88 Å². The molecule has 1 aromatic heterocycles. The molecule has 0 unspecified atom stereocenters. The molecule has 7 heteroatoms. The zero-order valence-corrected chi connectivity index (χ0v) is 9.84. The van der Waals surface area contributed by atoms with E-state index in [1.807, 2.05) is 0 Å². The van der Waals surface area contributed by atoms with E-state index >= 15 is 0 Å². The molecule has 1 N–H and O–H groups in total. The van der Waals surface area contributed by atoms with Gasteiger partial charge in [-0.1, -0.05) is 0 Å². The second-order valence-electron chi connectivity index (χ2n) is 3.51. The molecule has 0 bridgehead atoms. The lowest BCUT2D eigenvalue weighted by atomic mass is 10.2. The quantitative estimate of drug-likeness (QED) is 0.821. The van der Waals surface area contributed by atoms with Gasteiger partial charge in [0.1, 0.15) is 5.56 Å². The molecule has 0 aliphatic heterocycles. The smallest absolute Gasteiger partial charge is 0.272 e. The SMILES string of the molecule is CN(CCO)C(=O)c1cccnc1OCC(F)F. The molecule has 0 aromatic carbocycles.